The number of nitrogens with zero attached hydrogens (tertiary/aromatic N) is 3. The number of benzene rings is 2. The van der Waals surface area contributed by atoms with Crippen LogP contribution < -0.4 is 0 Å². The number of aromatic carboxylic acids is 1. The van der Waals surface area contributed by atoms with E-state index in [4.69, 9.17) is 0 Å². The lowest BCUT2D eigenvalue weighted by molar-refractivity contribution is -0.137. The number of carbonyl (C=O) groups is 1. The van der Waals surface area contributed by atoms with Crippen LogP contribution in [0.3, 0.4) is 0 Å². The maximum Gasteiger partial charge on any atom is 0.416 e. The number of carboxylic acid groups (broad SMARTS) is 1. The summed E-state index contributed by atoms with van der Waals surface area (Å²) in [4.78, 5) is 11.4. The van der Waals surface area contributed by atoms with Crippen LogP contribution in [0.2, 0.25) is 0 Å². The van der Waals surface area contributed by atoms with Gasteiger partial charge in [-0.2, -0.15) is 18.3 Å². The highest BCUT2D eigenvalue weighted by Crippen LogP contribution is 2.36. The van der Waals surface area contributed by atoms with E-state index >= 15 is 0 Å². The van der Waals surface area contributed by atoms with Crippen LogP contribution in [0.15, 0.2) is 54.9 Å². The van der Waals surface area contributed by atoms with Gasteiger partial charge in [0.15, 0.2) is 0 Å². The molecule has 0 aliphatic heterocycles. The molecule has 29 heavy (non-hydrogen) atoms. The minimum absolute atomic E-state index is 0.130. The van der Waals surface area contributed by atoms with E-state index in [9.17, 15) is 23.1 Å². The summed E-state index contributed by atoms with van der Waals surface area (Å²) in [7, 11) is 1.80. The molecule has 4 rings (SSSR count). The molecule has 0 saturated heterocycles. The smallest absolute Gasteiger partial charge is 0.416 e. The number of hydrogen-bond acceptors (Lipinski definition) is 2. The van der Waals surface area contributed by atoms with Crippen molar-refractivity contribution in [2.75, 3.05) is 0 Å². The number of alkyl halides is 3. The van der Waals surface area contributed by atoms with Crippen molar-refractivity contribution in [3.63, 3.8) is 0 Å². The molecule has 0 aliphatic carbocycles. The van der Waals surface area contributed by atoms with E-state index in [0.717, 1.165) is 29.0 Å². The molecule has 2 heterocycles. The van der Waals surface area contributed by atoms with Crippen LogP contribution in [0.25, 0.3) is 27.7 Å². The van der Waals surface area contributed by atoms with Crippen LogP contribution in [0.4, 0.5) is 13.2 Å². The van der Waals surface area contributed by atoms with E-state index in [1.54, 1.807) is 40.8 Å². The Morgan fingerprint density at radius 3 is 2.31 bits per heavy atom. The summed E-state index contributed by atoms with van der Waals surface area (Å²) in [6.45, 7) is 1.89. The van der Waals surface area contributed by atoms with Crippen LogP contribution >= 0.6 is 0 Å². The summed E-state index contributed by atoms with van der Waals surface area (Å²) in [6, 6.07) is 9.56. The molecule has 0 radical (unpaired) electrons. The maximum absolute atomic E-state index is 12.9. The number of fused-ring (bicyclic) bond motifs is 1. The molecule has 8 heteroatoms. The largest absolute Gasteiger partial charge is 0.478 e. The zero-order valence-electron chi connectivity index (χ0n) is 15.5. The Morgan fingerprint density at radius 1 is 1.07 bits per heavy atom. The molecular weight excluding hydrogens is 383 g/mol. The summed E-state index contributed by atoms with van der Waals surface area (Å²) < 4.78 is 42.1. The molecule has 0 amide bonds. The zero-order chi connectivity index (χ0) is 20.9. The average molecular weight is 399 g/mol. The van der Waals surface area contributed by atoms with Crippen molar-refractivity contribution in [2.24, 2.45) is 7.05 Å². The summed E-state index contributed by atoms with van der Waals surface area (Å²) >= 11 is 0. The fraction of sp³-hybridized carbons (Fsp3) is 0.143. The van der Waals surface area contributed by atoms with E-state index < -0.39 is 17.7 Å². The molecule has 2 aromatic heterocycles. The van der Waals surface area contributed by atoms with Crippen LogP contribution in [0, 0.1) is 6.92 Å². The molecule has 0 bridgehead atoms. The van der Waals surface area contributed by atoms with Gasteiger partial charge in [0, 0.05) is 41.1 Å². The fourth-order valence-electron chi connectivity index (χ4n) is 3.37. The first kappa shape index (κ1) is 18.8. The van der Waals surface area contributed by atoms with Crippen molar-refractivity contribution in [3.05, 3.63) is 71.7 Å². The third-order valence-electron chi connectivity index (χ3n) is 5.05. The molecule has 0 atom stereocenters. The molecule has 0 saturated carbocycles. The molecule has 0 aliphatic rings. The summed E-state index contributed by atoms with van der Waals surface area (Å²) in [6.07, 6.45) is -0.927. The van der Waals surface area contributed by atoms with Crippen molar-refractivity contribution >= 4 is 16.9 Å². The predicted molar refractivity (Wildman–Crippen MR) is 102 cm³/mol. The first-order valence-corrected chi connectivity index (χ1v) is 8.72. The highest BCUT2D eigenvalue weighted by molar-refractivity contribution is 6.01. The number of carboxylic acids is 1. The van der Waals surface area contributed by atoms with E-state index in [1.807, 2.05) is 6.92 Å². The first-order chi connectivity index (χ1) is 13.7. The van der Waals surface area contributed by atoms with E-state index in [0.29, 0.717) is 16.6 Å². The Hall–Kier alpha value is -3.55. The average Bonchev–Trinajstić information content (AvgIpc) is 3.21. The van der Waals surface area contributed by atoms with Crippen LogP contribution in [-0.2, 0) is 13.2 Å². The Labute approximate surface area is 163 Å². The molecule has 0 unspecified atom stereocenters. The van der Waals surface area contributed by atoms with E-state index in [2.05, 4.69) is 5.10 Å². The van der Waals surface area contributed by atoms with Gasteiger partial charge >= 0.3 is 12.1 Å². The van der Waals surface area contributed by atoms with E-state index in [-0.39, 0.29) is 5.56 Å². The van der Waals surface area contributed by atoms with Crippen molar-refractivity contribution in [2.45, 2.75) is 13.1 Å². The Kier molecular flexibility index (Phi) is 4.22. The summed E-state index contributed by atoms with van der Waals surface area (Å²) in [5, 5.41) is 14.3. The topological polar surface area (TPSA) is 60.1 Å². The number of halogens is 3. The molecule has 5 nitrogen and oxygen atoms in total. The molecule has 2 aromatic carbocycles. The van der Waals surface area contributed by atoms with Crippen molar-refractivity contribution < 1.29 is 23.1 Å². The third kappa shape index (κ3) is 3.16. The fourth-order valence-corrected chi connectivity index (χ4v) is 3.37. The van der Waals surface area contributed by atoms with Crippen LogP contribution in [0.1, 0.15) is 21.6 Å². The van der Waals surface area contributed by atoms with Crippen LogP contribution in [0.5, 0.6) is 0 Å². The van der Waals surface area contributed by atoms with Gasteiger partial charge in [-0.05, 0) is 49.4 Å². The quantitative estimate of drug-likeness (QED) is 0.524. The number of rotatable bonds is 3. The molecule has 0 fully saturated rings. The second kappa shape index (κ2) is 6.51. The molecule has 1 N–H and O–H groups in total. The number of aromatic nitrogens is 3. The van der Waals surface area contributed by atoms with Gasteiger partial charge in [-0.25, -0.2) is 4.79 Å². The van der Waals surface area contributed by atoms with Gasteiger partial charge < -0.3 is 9.67 Å². The van der Waals surface area contributed by atoms with Gasteiger partial charge in [0.2, 0.25) is 0 Å². The number of hydrogen-bond donors (Lipinski definition) is 1. The predicted octanol–water partition coefficient (Wildman–Crippen LogP) is 5.06. The van der Waals surface area contributed by atoms with Gasteiger partial charge in [-0.3, -0.25) is 4.68 Å². The van der Waals surface area contributed by atoms with Crippen molar-refractivity contribution in [3.8, 4) is 16.8 Å². The Balaban J connectivity index is 1.96. The van der Waals surface area contributed by atoms with Crippen molar-refractivity contribution in [1.29, 1.82) is 0 Å². The SMILES string of the molecule is Cc1c(-c2cn(-c3ccc(C(F)(F)F)cc3)c3ccc(C(=O)O)cc23)cnn1C. The van der Waals surface area contributed by atoms with Crippen molar-refractivity contribution in [1.82, 2.24) is 14.3 Å². The first-order valence-electron chi connectivity index (χ1n) is 8.72. The molecule has 4 aromatic rings. The van der Waals surface area contributed by atoms with Gasteiger partial charge in [-0.1, -0.05) is 0 Å². The molecule has 0 spiro atoms. The lowest BCUT2D eigenvalue weighted by Crippen LogP contribution is -2.04. The second-order valence-corrected chi connectivity index (χ2v) is 6.76. The zero-order valence-corrected chi connectivity index (χ0v) is 15.5. The van der Waals surface area contributed by atoms with Gasteiger partial charge in [0.25, 0.3) is 0 Å². The normalized spacial score (nSPS) is 11.9. The maximum atomic E-state index is 12.9. The summed E-state index contributed by atoms with van der Waals surface area (Å²) in [5.41, 5.74) is 3.10. The Bertz CT molecular complexity index is 1230. The standard InChI is InChI=1S/C21H16F3N3O2/c1-12-17(10-25-26(12)2)18-11-27(15-6-4-14(5-7-15)21(22,23)24)19-8-3-13(20(28)29)9-16(18)19/h3-11H,1-2H3,(H,28,29). The monoisotopic (exact) mass is 399 g/mol. The summed E-state index contributed by atoms with van der Waals surface area (Å²) in [5.74, 6) is -1.05. The molecular formula is C21H16F3N3O2. The number of aryl methyl sites for hydroxylation is 1. The van der Waals surface area contributed by atoms with Gasteiger partial charge in [-0.15, -0.1) is 0 Å². The lowest BCUT2D eigenvalue weighted by atomic mass is 10.0. The lowest BCUT2D eigenvalue weighted by Gasteiger charge is -2.09. The molecule has 148 valence electrons. The minimum atomic E-state index is -4.41. The highest BCUT2D eigenvalue weighted by Gasteiger charge is 2.30. The third-order valence-corrected chi connectivity index (χ3v) is 5.05. The van der Waals surface area contributed by atoms with Crippen LogP contribution in [-0.4, -0.2) is 25.4 Å². The minimum Gasteiger partial charge on any atom is -0.478 e. The highest BCUT2D eigenvalue weighted by atomic mass is 19.4. The Morgan fingerprint density at radius 2 is 1.76 bits per heavy atom. The van der Waals surface area contributed by atoms with Gasteiger partial charge in [0.05, 0.1) is 22.8 Å². The second-order valence-electron chi connectivity index (χ2n) is 6.76. The van der Waals surface area contributed by atoms with E-state index in [1.165, 1.54) is 18.2 Å². The van der Waals surface area contributed by atoms with Gasteiger partial charge in [0.1, 0.15) is 0 Å².